The first kappa shape index (κ1) is 23.7. The summed E-state index contributed by atoms with van der Waals surface area (Å²) in [5.41, 5.74) is -1.43. The van der Waals surface area contributed by atoms with E-state index in [0.717, 1.165) is 12.5 Å². The summed E-state index contributed by atoms with van der Waals surface area (Å²) >= 11 is 0. The Hall–Kier alpha value is -3.42. The molecule has 0 saturated carbocycles. The third-order valence-corrected chi connectivity index (χ3v) is 5.68. The van der Waals surface area contributed by atoms with Crippen LogP contribution in [0.5, 0.6) is 11.5 Å². The molecule has 3 aromatic rings. The number of carbonyl (C=O) groups excluding carboxylic acids is 1. The highest BCUT2D eigenvalue weighted by Crippen LogP contribution is 2.51. The van der Waals surface area contributed by atoms with E-state index >= 15 is 8.78 Å². The van der Waals surface area contributed by atoms with Crippen molar-refractivity contribution in [1.29, 1.82) is 0 Å². The van der Waals surface area contributed by atoms with Crippen molar-refractivity contribution in [2.24, 2.45) is 0 Å². The Labute approximate surface area is 193 Å². The average molecular weight is 476 g/mol. The van der Waals surface area contributed by atoms with Crippen molar-refractivity contribution in [2.45, 2.75) is 39.0 Å². The van der Waals surface area contributed by atoms with Gasteiger partial charge in [0.05, 0.1) is 12.2 Å². The van der Waals surface area contributed by atoms with Crippen LogP contribution in [-0.4, -0.2) is 12.6 Å². The minimum atomic E-state index is -2.58. The molecule has 178 valence electrons. The fourth-order valence-electron chi connectivity index (χ4n) is 4.12. The Morgan fingerprint density at radius 3 is 2.09 bits per heavy atom. The minimum Gasteiger partial charge on any atom is -0.491 e. The molecular formula is C26H21F5O3. The maximum Gasteiger partial charge on any atom is 0.346 e. The average Bonchev–Trinajstić information content (AvgIpc) is 2.80. The van der Waals surface area contributed by atoms with E-state index in [-0.39, 0.29) is 23.5 Å². The zero-order chi connectivity index (χ0) is 24.6. The molecule has 2 atom stereocenters. The lowest BCUT2D eigenvalue weighted by Gasteiger charge is -2.28. The summed E-state index contributed by atoms with van der Waals surface area (Å²) < 4.78 is 84.4. The number of benzene rings is 3. The molecule has 3 nitrogen and oxygen atoms in total. The molecule has 8 heteroatoms. The Kier molecular flexibility index (Phi) is 6.59. The summed E-state index contributed by atoms with van der Waals surface area (Å²) in [6.45, 7) is 3.65. The third-order valence-electron chi connectivity index (χ3n) is 5.68. The highest BCUT2D eigenvalue weighted by molar-refractivity contribution is 5.93. The van der Waals surface area contributed by atoms with Crippen molar-refractivity contribution in [3.05, 3.63) is 82.2 Å². The molecule has 0 saturated heterocycles. The van der Waals surface area contributed by atoms with Crippen molar-refractivity contribution in [2.75, 3.05) is 6.61 Å². The van der Waals surface area contributed by atoms with Crippen molar-refractivity contribution in [3.63, 3.8) is 0 Å². The fourth-order valence-corrected chi connectivity index (χ4v) is 4.12. The monoisotopic (exact) mass is 476 g/mol. The number of hydrogen-bond donors (Lipinski definition) is 0. The Morgan fingerprint density at radius 2 is 1.47 bits per heavy atom. The standard InChI is InChI=1S/C26H21F5O3/c1-3-5-13-6-10-18(17(27)12-13)34-26(32)16-8-7-14-15-9-11-19(33-4-2)23(29)21(15)25(31)24(30)20(14)22(16)28/h6-12,24-25H,3-5H2,1-2H3. The SMILES string of the molecule is CCCc1ccc(OC(=O)c2ccc3c(c2F)C(F)C(F)c2c-3ccc(OCC)c2F)c(F)c1. The second-order valence-corrected chi connectivity index (χ2v) is 7.87. The molecule has 34 heavy (non-hydrogen) atoms. The molecule has 0 aromatic heterocycles. The molecule has 0 spiro atoms. The Balaban J connectivity index is 1.72. The van der Waals surface area contributed by atoms with Gasteiger partial charge in [0.15, 0.2) is 35.5 Å². The smallest absolute Gasteiger partial charge is 0.346 e. The van der Waals surface area contributed by atoms with Crippen molar-refractivity contribution < 1.29 is 36.2 Å². The van der Waals surface area contributed by atoms with Gasteiger partial charge in [0, 0.05) is 11.1 Å². The van der Waals surface area contributed by atoms with Gasteiger partial charge in [0.2, 0.25) is 0 Å². The Morgan fingerprint density at radius 1 is 0.853 bits per heavy atom. The van der Waals surface area contributed by atoms with Gasteiger partial charge >= 0.3 is 5.97 Å². The molecule has 4 rings (SSSR count). The van der Waals surface area contributed by atoms with Gasteiger partial charge in [0.25, 0.3) is 0 Å². The predicted octanol–water partition coefficient (Wildman–Crippen LogP) is 7.38. The normalized spacial score (nSPS) is 16.6. The number of aryl methyl sites for hydroxylation is 1. The first-order valence-corrected chi connectivity index (χ1v) is 10.8. The molecule has 0 bridgehead atoms. The summed E-state index contributed by atoms with van der Waals surface area (Å²) in [5, 5.41) is 0. The van der Waals surface area contributed by atoms with Gasteiger partial charge in [-0.1, -0.05) is 31.5 Å². The summed E-state index contributed by atoms with van der Waals surface area (Å²) in [5.74, 6) is -5.15. The molecule has 0 aliphatic heterocycles. The molecule has 0 N–H and O–H groups in total. The number of halogens is 5. The van der Waals surface area contributed by atoms with Crippen LogP contribution in [-0.2, 0) is 6.42 Å². The summed E-state index contributed by atoms with van der Waals surface area (Å²) in [6.07, 6.45) is -3.68. The van der Waals surface area contributed by atoms with Crippen LogP contribution < -0.4 is 9.47 Å². The van der Waals surface area contributed by atoms with Crippen molar-refractivity contribution in [3.8, 4) is 22.6 Å². The van der Waals surface area contributed by atoms with E-state index in [1.807, 2.05) is 6.92 Å². The van der Waals surface area contributed by atoms with Crippen LogP contribution in [0, 0.1) is 17.5 Å². The maximum atomic E-state index is 15.3. The van der Waals surface area contributed by atoms with E-state index in [4.69, 9.17) is 9.47 Å². The highest BCUT2D eigenvalue weighted by atomic mass is 19.2. The zero-order valence-electron chi connectivity index (χ0n) is 18.4. The van der Waals surface area contributed by atoms with E-state index in [1.165, 1.54) is 30.3 Å². The van der Waals surface area contributed by atoms with Crippen LogP contribution in [0.25, 0.3) is 11.1 Å². The largest absolute Gasteiger partial charge is 0.491 e. The van der Waals surface area contributed by atoms with Crippen LogP contribution in [0.15, 0.2) is 42.5 Å². The summed E-state index contributed by atoms with van der Waals surface area (Å²) in [4.78, 5) is 12.6. The quantitative estimate of drug-likeness (QED) is 0.212. The Bertz CT molecular complexity index is 1260. The number of alkyl halides is 2. The fraction of sp³-hybridized carbons (Fsp3) is 0.269. The van der Waals surface area contributed by atoms with E-state index in [9.17, 15) is 18.0 Å². The molecule has 2 unspecified atom stereocenters. The number of ether oxygens (including phenoxy) is 2. The molecular weight excluding hydrogens is 455 g/mol. The molecule has 1 aliphatic rings. The maximum absolute atomic E-state index is 15.3. The van der Waals surface area contributed by atoms with Crippen molar-refractivity contribution in [1.82, 2.24) is 0 Å². The molecule has 0 radical (unpaired) electrons. The lowest BCUT2D eigenvalue weighted by atomic mass is 9.81. The summed E-state index contributed by atoms with van der Waals surface area (Å²) in [6, 6.07) is 8.80. The number of rotatable bonds is 6. The minimum absolute atomic E-state index is 0.0475. The van der Waals surface area contributed by atoms with Gasteiger partial charge in [-0.25, -0.2) is 26.7 Å². The lowest BCUT2D eigenvalue weighted by Crippen LogP contribution is -2.19. The second-order valence-electron chi connectivity index (χ2n) is 7.87. The predicted molar refractivity (Wildman–Crippen MR) is 116 cm³/mol. The number of carbonyl (C=O) groups is 1. The zero-order valence-corrected chi connectivity index (χ0v) is 18.4. The molecule has 0 fully saturated rings. The molecule has 1 aliphatic carbocycles. The van der Waals surface area contributed by atoms with Crippen LogP contribution in [0.4, 0.5) is 22.0 Å². The van der Waals surface area contributed by atoms with E-state index in [1.54, 1.807) is 13.0 Å². The highest BCUT2D eigenvalue weighted by Gasteiger charge is 2.40. The first-order chi connectivity index (χ1) is 16.3. The lowest BCUT2D eigenvalue weighted by molar-refractivity contribution is 0.0721. The van der Waals surface area contributed by atoms with Gasteiger partial charge in [-0.2, -0.15) is 0 Å². The van der Waals surface area contributed by atoms with E-state index in [0.29, 0.717) is 12.0 Å². The van der Waals surface area contributed by atoms with Gasteiger partial charge in [-0.3, -0.25) is 0 Å². The van der Waals surface area contributed by atoms with Crippen LogP contribution in [0.3, 0.4) is 0 Å². The van der Waals surface area contributed by atoms with Gasteiger partial charge in [-0.15, -0.1) is 0 Å². The van der Waals surface area contributed by atoms with Gasteiger partial charge in [-0.05, 0) is 54.3 Å². The third kappa shape index (κ3) is 4.02. The van der Waals surface area contributed by atoms with Crippen LogP contribution in [0.2, 0.25) is 0 Å². The summed E-state index contributed by atoms with van der Waals surface area (Å²) in [7, 11) is 0. The van der Waals surface area contributed by atoms with Crippen LogP contribution >= 0.6 is 0 Å². The van der Waals surface area contributed by atoms with Crippen molar-refractivity contribution >= 4 is 5.97 Å². The van der Waals surface area contributed by atoms with E-state index in [2.05, 4.69) is 0 Å². The van der Waals surface area contributed by atoms with E-state index < -0.39 is 58.2 Å². The molecule has 0 amide bonds. The first-order valence-electron chi connectivity index (χ1n) is 10.8. The van der Waals surface area contributed by atoms with Crippen LogP contribution in [0.1, 0.15) is 59.7 Å². The van der Waals surface area contributed by atoms with Gasteiger partial charge < -0.3 is 9.47 Å². The number of fused-ring (bicyclic) bond motifs is 3. The van der Waals surface area contributed by atoms with Gasteiger partial charge in [0.1, 0.15) is 5.82 Å². The number of hydrogen-bond acceptors (Lipinski definition) is 3. The molecule has 0 heterocycles. The topological polar surface area (TPSA) is 35.5 Å². The second kappa shape index (κ2) is 9.44. The molecule has 3 aromatic carbocycles. The number of esters is 1.